The van der Waals surface area contributed by atoms with Crippen LogP contribution in [-0.2, 0) is 23.9 Å². The maximum Gasteiger partial charge on any atom is 0.334 e. The lowest BCUT2D eigenvalue weighted by Crippen LogP contribution is -2.42. The van der Waals surface area contributed by atoms with Crippen LogP contribution in [0.4, 0.5) is 0 Å². The fraction of sp³-hybridized carbons (Fsp3) is 0.421. The van der Waals surface area contributed by atoms with Crippen LogP contribution >= 0.6 is 0 Å². The van der Waals surface area contributed by atoms with Gasteiger partial charge in [-0.15, -0.1) is 0 Å². The number of ether oxygens (including phenoxy) is 2. The quantitative estimate of drug-likeness (QED) is 0.363. The molecule has 0 radical (unpaired) electrons. The van der Waals surface area contributed by atoms with Crippen LogP contribution in [0.2, 0.25) is 0 Å². The molecule has 134 valence electrons. The zero-order chi connectivity index (χ0) is 18.7. The molecule has 1 heterocycles. The predicted molar refractivity (Wildman–Crippen MR) is 90.3 cm³/mol. The Morgan fingerprint density at radius 1 is 1.48 bits per heavy atom. The maximum absolute atomic E-state index is 12.0. The first-order valence-corrected chi connectivity index (χ1v) is 8.03. The molecule has 0 aromatic carbocycles. The first-order valence-electron chi connectivity index (χ1n) is 8.03. The fourth-order valence-corrected chi connectivity index (χ4v) is 2.95. The van der Waals surface area contributed by atoms with Crippen molar-refractivity contribution in [2.45, 2.75) is 45.0 Å². The second kappa shape index (κ2) is 7.61. The summed E-state index contributed by atoms with van der Waals surface area (Å²) in [5.41, 5.74) is 1.33. The standard InChI is InChI=1S/C19H22O6/c1-10(2)18(22)25-17-13(9-20)7-5-6-11(3)8-14-15(16(17)21)12(4)19(23)24-14/h7-9,14-17,21H,1,4-6H2,2-3H3/b11-8+,13-7+/t14-,15+,16+,17+/m1/s1. The zero-order valence-electron chi connectivity index (χ0n) is 14.4. The number of fused-ring (bicyclic) bond motifs is 1. The van der Waals surface area contributed by atoms with Gasteiger partial charge in [0.05, 0.1) is 5.92 Å². The van der Waals surface area contributed by atoms with E-state index in [1.807, 2.05) is 6.92 Å². The van der Waals surface area contributed by atoms with Gasteiger partial charge < -0.3 is 14.6 Å². The van der Waals surface area contributed by atoms with Gasteiger partial charge in [-0.2, -0.15) is 0 Å². The monoisotopic (exact) mass is 346 g/mol. The van der Waals surface area contributed by atoms with E-state index in [1.54, 1.807) is 12.2 Å². The third-order valence-electron chi connectivity index (χ3n) is 4.35. The molecule has 0 unspecified atom stereocenters. The van der Waals surface area contributed by atoms with Crippen LogP contribution in [-0.4, -0.2) is 41.6 Å². The van der Waals surface area contributed by atoms with Crippen molar-refractivity contribution >= 4 is 18.2 Å². The molecule has 0 spiro atoms. The molecule has 1 aliphatic carbocycles. The van der Waals surface area contributed by atoms with Crippen molar-refractivity contribution in [3.8, 4) is 0 Å². The van der Waals surface area contributed by atoms with Gasteiger partial charge in [-0.25, -0.2) is 9.59 Å². The minimum atomic E-state index is -1.36. The molecule has 25 heavy (non-hydrogen) atoms. The predicted octanol–water partition coefficient (Wildman–Crippen LogP) is 1.80. The molecule has 1 saturated heterocycles. The number of rotatable bonds is 3. The summed E-state index contributed by atoms with van der Waals surface area (Å²) < 4.78 is 10.6. The second-order valence-electron chi connectivity index (χ2n) is 6.39. The molecule has 1 aliphatic heterocycles. The molecular formula is C19H22O6. The number of hydrogen-bond acceptors (Lipinski definition) is 6. The van der Waals surface area contributed by atoms with Crippen LogP contribution in [0.15, 0.2) is 47.6 Å². The Balaban J connectivity index is 2.47. The minimum absolute atomic E-state index is 0.0868. The van der Waals surface area contributed by atoms with Crippen molar-refractivity contribution in [3.63, 3.8) is 0 Å². The van der Waals surface area contributed by atoms with E-state index >= 15 is 0 Å². The van der Waals surface area contributed by atoms with E-state index in [1.165, 1.54) is 6.92 Å². The Morgan fingerprint density at radius 2 is 2.16 bits per heavy atom. The molecule has 6 nitrogen and oxygen atoms in total. The summed E-state index contributed by atoms with van der Waals surface area (Å²) in [5, 5.41) is 10.8. The van der Waals surface area contributed by atoms with E-state index in [0.717, 1.165) is 5.57 Å². The molecule has 0 aromatic heterocycles. The average Bonchev–Trinajstić information content (AvgIpc) is 2.82. The zero-order valence-corrected chi connectivity index (χ0v) is 14.4. The van der Waals surface area contributed by atoms with Gasteiger partial charge in [0.1, 0.15) is 18.5 Å². The SMILES string of the molecule is C=C(C)C(=O)O[C@H]1/C(C=O)=C/CC/C(C)=C/[C@H]2OC(=O)C(=C)[C@@H]2[C@@H]1O. The molecule has 0 bridgehead atoms. The summed E-state index contributed by atoms with van der Waals surface area (Å²) in [7, 11) is 0. The number of allylic oxidation sites excluding steroid dienone is 2. The fourth-order valence-electron chi connectivity index (χ4n) is 2.95. The van der Waals surface area contributed by atoms with Crippen molar-refractivity contribution in [2.24, 2.45) is 5.92 Å². The molecule has 4 atom stereocenters. The van der Waals surface area contributed by atoms with Gasteiger partial charge in [0.2, 0.25) is 0 Å². The third kappa shape index (κ3) is 3.96. The number of aldehydes is 1. The molecule has 2 aliphatic rings. The highest BCUT2D eigenvalue weighted by Gasteiger charge is 2.46. The second-order valence-corrected chi connectivity index (χ2v) is 6.39. The molecule has 2 rings (SSSR count). The summed E-state index contributed by atoms with van der Waals surface area (Å²) >= 11 is 0. The molecule has 0 aromatic rings. The topological polar surface area (TPSA) is 89.9 Å². The molecule has 1 N–H and O–H groups in total. The lowest BCUT2D eigenvalue weighted by Gasteiger charge is -2.29. The number of carbonyl (C=O) groups excluding carboxylic acids is 3. The minimum Gasteiger partial charge on any atom is -0.454 e. The van der Waals surface area contributed by atoms with Crippen LogP contribution in [0.1, 0.15) is 26.7 Å². The molecular weight excluding hydrogens is 324 g/mol. The Hall–Kier alpha value is -2.47. The highest BCUT2D eigenvalue weighted by molar-refractivity contribution is 5.91. The van der Waals surface area contributed by atoms with E-state index in [-0.39, 0.29) is 16.7 Å². The van der Waals surface area contributed by atoms with E-state index in [0.29, 0.717) is 19.1 Å². The van der Waals surface area contributed by atoms with E-state index in [4.69, 9.17) is 9.47 Å². The number of aliphatic hydroxyl groups excluding tert-OH is 1. The lowest BCUT2D eigenvalue weighted by atomic mass is 9.84. The molecule has 0 saturated carbocycles. The van der Waals surface area contributed by atoms with Crippen LogP contribution in [0.25, 0.3) is 0 Å². The summed E-state index contributed by atoms with van der Waals surface area (Å²) in [6, 6.07) is 0. The average molecular weight is 346 g/mol. The van der Waals surface area contributed by atoms with Gasteiger partial charge in [0.15, 0.2) is 6.10 Å². The number of esters is 2. The Morgan fingerprint density at radius 3 is 2.76 bits per heavy atom. The number of hydrogen-bond donors (Lipinski definition) is 1. The number of carbonyl (C=O) groups is 3. The Kier molecular flexibility index (Phi) is 5.74. The van der Waals surface area contributed by atoms with Crippen LogP contribution in [0.3, 0.4) is 0 Å². The van der Waals surface area contributed by atoms with E-state index in [9.17, 15) is 19.5 Å². The van der Waals surface area contributed by atoms with Gasteiger partial charge in [-0.1, -0.05) is 24.8 Å². The van der Waals surface area contributed by atoms with Crippen LogP contribution in [0.5, 0.6) is 0 Å². The van der Waals surface area contributed by atoms with Gasteiger partial charge in [-0.3, -0.25) is 4.79 Å². The van der Waals surface area contributed by atoms with Crippen molar-refractivity contribution in [3.05, 3.63) is 47.6 Å². The van der Waals surface area contributed by atoms with E-state index < -0.39 is 36.2 Å². The van der Waals surface area contributed by atoms with Gasteiger partial charge in [0.25, 0.3) is 0 Å². The first-order chi connectivity index (χ1) is 11.8. The summed E-state index contributed by atoms with van der Waals surface area (Å²) in [4.78, 5) is 35.4. The van der Waals surface area contributed by atoms with Crippen molar-refractivity contribution < 1.29 is 29.0 Å². The normalized spacial score (nSPS) is 33.9. The Bertz CT molecular complexity index is 684. The van der Waals surface area contributed by atoms with Gasteiger partial charge in [0, 0.05) is 16.7 Å². The largest absolute Gasteiger partial charge is 0.454 e. The lowest BCUT2D eigenvalue weighted by molar-refractivity contribution is -0.150. The van der Waals surface area contributed by atoms with Gasteiger partial charge >= 0.3 is 11.9 Å². The number of aliphatic hydroxyl groups is 1. The molecule has 1 fully saturated rings. The van der Waals surface area contributed by atoms with Crippen LogP contribution in [0, 0.1) is 5.92 Å². The van der Waals surface area contributed by atoms with Crippen molar-refractivity contribution in [2.75, 3.05) is 0 Å². The Labute approximate surface area is 146 Å². The van der Waals surface area contributed by atoms with Gasteiger partial charge in [-0.05, 0) is 32.8 Å². The van der Waals surface area contributed by atoms with Crippen LogP contribution < -0.4 is 0 Å². The summed E-state index contributed by atoms with van der Waals surface area (Å²) in [6.45, 7) is 10.5. The van der Waals surface area contributed by atoms with E-state index in [2.05, 4.69) is 13.2 Å². The molecule has 6 heteroatoms. The summed E-state index contributed by atoms with van der Waals surface area (Å²) in [5.74, 6) is -2.15. The highest BCUT2D eigenvalue weighted by Crippen LogP contribution is 2.35. The maximum atomic E-state index is 12.0. The van der Waals surface area contributed by atoms with Crippen molar-refractivity contribution in [1.29, 1.82) is 0 Å². The smallest absolute Gasteiger partial charge is 0.334 e. The first kappa shape index (κ1) is 18.9. The highest BCUT2D eigenvalue weighted by atomic mass is 16.6. The summed E-state index contributed by atoms with van der Waals surface area (Å²) in [6.07, 6.45) is 1.81. The molecule has 0 amide bonds. The van der Waals surface area contributed by atoms with Crippen molar-refractivity contribution in [1.82, 2.24) is 0 Å². The third-order valence-corrected chi connectivity index (χ3v) is 4.35.